The number of urea groups is 1. The molecule has 0 unspecified atom stereocenters. The molecule has 5 rings (SSSR count). The van der Waals surface area contributed by atoms with Crippen molar-refractivity contribution in [2.45, 2.75) is 32.1 Å². The predicted octanol–water partition coefficient (Wildman–Crippen LogP) is 6.63. The highest BCUT2D eigenvalue weighted by atomic mass is 19.4. The number of aromatic nitrogens is 3. The van der Waals surface area contributed by atoms with Gasteiger partial charge in [0.25, 0.3) is 5.71 Å². The summed E-state index contributed by atoms with van der Waals surface area (Å²) in [5, 5.41) is 7.02. The predicted molar refractivity (Wildman–Crippen MR) is 138 cm³/mol. The van der Waals surface area contributed by atoms with Crippen LogP contribution in [0.2, 0.25) is 0 Å². The second-order valence-electron chi connectivity index (χ2n) is 9.49. The van der Waals surface area contributed by atoms with Crippen LogP contribution >= 0.6 is 0 Å². The van der Waals surface area contributed by atoms with Crippen LogP contribution in [-0.4, -0.2) is 52.2 Å². The number of halogens is 6. The number of nitrogens with one attached hydrogen (secondary N) is 1. The number of anilines is 2. The maximum Gasteiger partial charge on any atom is 0.416 e. The molecule has 216 valence electrons. The molecule has 1 aliphatic rings. The molecule has 2 aromatic heterocycles. The number of alkyl halides is 6. The van der Waals surface area contributed by atoms with Crippen LogP contribution in [0.4, 0.5) is 42.6 Å². The maximum atomic E-state index is 13.2. The summed E-state index contributed by atoms with van der Waals surface area (Å²) in [7, 11) is 0. The number of rotatable bonds is 5. The van der Waals surface area contributed by atoms with Crippen molar-refractivity contribution in [3.05, 3.63) is 65.5 Å². The van der Waals surface area contributed by atoms with Crippen molar-refractivity contribution in [2.75, 3.05) is 36.4 Å². The third-order valence-electron chi connectivity index (χ3n) is 6.59. The number of carbonyl (C=O) groups excluding carboxylic acids is 1. The van der Waals surface area contributed by atoms with Gasteiger partial charge < -0.3 is 19.6 Å². The monoisotopic (exact) mass is 578 g/mol. The van der Waals surface area contributed by atoms with Crippen molar-refractivity contribution < 1.29 is 35.7 Å². The van der Waals surface area contributed by atoms with E-state index in [-0.39, 0.29) is 19.2 Å². The van der Waals surface area contributed by atoms with Gasteiger partial charge in [-0.2, -0.15) is 31.3 Å². The van der Waals surface area contributed by atoms with Gasteiger partial charge in [0.1, 0.15) is 22.7 Å². The lowest BCUT2D eigenvalue weighted by Gasteiger charge is -2.35. The van der Waals surface area contributed by atoms with E-state index in [1.165, 1.54) is 4.90 Å². The number of aryl methyl sites for hydroxylation is 1. The summed E-state index contributed by atoms with van der Waals surface area (Å²) in [5.41, 5.74) is -1.93. The van der Waals surface area contributed by atoms with Gasteiger partial charge in [-0.3, -0.25) is 0 Å². The molecule has 1 N–H and O–H groups in total. The quantitative estimate of drug-likeness (QED) is 0.268. The van der Waals surface area contributed by atoms with Crippen molar-refractivity contribution in [3.8, 4) is 11.3 Å². The third kappa shape index (κ3) is 6.05. The van der Waals surface area contributed by atoms with Crippen LogP contribution in [0.3, 0.4) is 0 Å². The van der Waals surface area contributed by atoms with Crippen molar-refractivity contribution >= 4 is 28.6 Å². The minimum atomic E-state index is -5.02. The van der Waals surface area contributed by atoms with Gasteiger partial charge in [0.2, 0.25) is 0 Å². The van der Waals surface area contributed by atoms with Gasteiger partial charge in [-0.1, -0.05) is 42.4 Å². The molecule has 14 heteroatoms. The number of hydrogen-bond acceptors (Lipinski definition) is 6. The van der Waals surface area contributed by atoms with Crippen LogP contribution in [0.15, 0.2) is 53.1 Å². The summed E-state index contributed by atoms with van der Waals surface area (Å²) in [6.07, 6.45) is -8.65. The summed E-state index contributed by atoms with van der Waals surface area (Å²) >= 11 is 0. The average Bonchev–Trinajstić information content (AvgIpc) is 3.36. The van der Waals surface area contributed by atoms with E-state index in [4.69, 9.17) is 9.51 Å². The van der Waals surface area contributed by atoms with Crippen LogP contribution in [0, 0.1) is 0 Å². The first kappa shape index (κ1) is 28.2. The van der Waals surface area contributed by atoms with Gasteiger partial charge in [-0.05, 0) is 24.6 Å². The molecule has 4 aromatic rings. The fourth-order valence-electron chi connectivity index (χ4n) is 4.59. The number of fused-ring (bicyclic) bond motifs is 1. The molecule has 2 amide bonds. The van der Waals surface area contributed by atoms with E-state index >= 15 is 0 Å². The minimum absolute atomic E-state index is 0.0120. The Morgan fingerprint density at radius 2 is 1.56 bits per heavy atom. The highest BCUT2D eigenvalue weighted by Gasteiger charge is 2.37. The van der Waals surface area contributed by atoms with Gasteiger partial charge in [0, 0.05) is 43.9 Å². The Labute approximate surface area is 229 Å². The summed E-state index contributed by atoms with van der Waals surface area (Å²) in [5.74, 6) is 1.14. The molecule has 0 aliphatic carbocycles. The molecule has 8 nitrogen and oxygen atoms in total. The Morgan fingerprint density at radius 3 is 2.15 bits per heavy atom. The van der Waals surface area contributed by atoms with E-state index in [1.807, 2.05) is 42.2 Å². The molecule has 0 bridgehead atoms. The summed E-state index contributed by atoms with van der Waals surface area (Å²) in [6, 6.07) is 9.51. The van der Waals surface area contributed by atoms with Gasteiger partial charge in [-0.15, -0.1) is 0 Å². The first-order chi connectivity index (χ1) is 19.4. The van der Waals surface area contributed by atoms with Crippen molar-refractivity contribution in [1.82, 2.24) is 20.0 Å². The Balaban J connectivity index is 1.37. The lowest BCUT2D eigenvalue weighted by Crippen LogP contribution is -2.50. The molecular formula is C27H24F6N6O2. The normalized spacial score (nSPS) is 14.5. The lowest BCUT2D eigenvalue weighted by molar-refractivity contribution is -0.143. The highest BCUT2D eigenvalue weighted by molar-refractivity contribution is 5.98. The van der Waals surface area contributed by atoms with Crippen LogP contribution < -0.4 is 10.2 Å². The van der Waals surface area contributed by atoms with E-state index in [2.05, 4.69) is 15.5 Å². The fourth-order valence-corrected chi connectivity index (χ4v) is 4.59. The molecular weight excluding hydrogens is 554 g/mol. The molecule has 41 heavy (non-hydrogen) atoms. The molecule has 1 saturated heterocycles. The Hall–Kier alpha value is -4.36. The van der Waals surface area contributed by atoms with E-state index in [9.17, 15) is 31.1 Å². The zero-order chi connectivity index (χ0) is 29.4. The molecule has 3 heterocycles. The molecule has 2 aromatic carbocycles. The molecule has 0 saturated carbocycles. The van der Waals surface area contributed by atoms with Crippen molar-refractivity contribution in [1.29, 1.82) is 0 Å². The summed E-state index contributed by atoms with van der Waals surface area (Å²) < 4.78 is 84.8. The molecule has 0 spiro atoms. The smallest absolute Gasteiger partial charge is 0.352 e. The van der Waals surface area contributed by atoms with E-state index in [1.54, 1.807) is 0 Å². The summed E-state index contributed by atoms with van der Waals surface area (Å²) in [4.78, 5) is 25.4. The van der Waals surface area contributed by atoms with Gasteiger partial charge in [0.05, 0.1) is 11.1 Å². The minimum Gasteiger partial charge on any atom is -0.352 e. The summed E-state index contributed by atoms with van der Waals surface area (Å²) in [6.45, 7) is 2.85. The van der Waals surface area contributed by atoms with E-state index in [0.29, 0.717) is 60.1 Å². The Kier molecular flexibility index (Phi) is 7.49. The largest absolute Gasteiger partial charge is 0.416 e. The number of benzene rings is 2. The topological polar surface area (TPSA) is 87.4 Å². The second-order valence-corrected chi connectivity index (χ2v) is 9.49. The molecule has 0 atom stereocenters. The van der Waals surface area contributed by atoms with Crippen LogP contribution in [0.25, 0.3) is 22.4 Å². The van der Waals surface area contributed by atoms with Crippen LogP contribution in [-0.2, 0) is 18.8 Å². The van der Waals surface area contributed by atoms with Crippen molar-refractivity contribution in [2.24, 2.45) is 0 Å². The SMILES string of the molecule is CCCc1nc(N2CCN(C(=O)Nc3cc(C(F)(F)F)cc(C(F)(F)F)c3)CC2)c2c(-c3ccccc3)noc2n1. The third-order valence-corrected chi connectivity index (χ3v) is 6.59. The van der Waals surface area contributed by atoms with Crippen LogP contribution in [0.1, 0.15) is 30.3 Å². The van der Waals surface area contributed by atoms with Gasteiger partial charge in [-0.25, -0.2) is 9.78 Å². The average molecular weight is 579 g/mol. The van der Waals surface area contributed by atoms with Gasteiger partial charge >= 0.3 is 18.4 Å². The fraction of sp³-hybridized carbons (Fsp3) is 0.333. The van der Waals surface area contributed by atoms with E-state index in [0.717, 1.165) is 12.0 Å². The van der Waals surface area contributed by atoms with Gasteiger partial charge in [0.15, 0.2) is 0 Å². The zero-order valence-corrected chi connectivity index (χ0v) is 21.7. The van der Waals surface area contributed by atoms with Crippen LogP contribution in [0.5, 0.6) is 0 Å². The Morgan fingerprint density at radius 1 is 0.927 bits per heavy atom. The number of piperazine rings is 1. The number of carbonyl (C=O) groups is 1. The molecule has 0 radical (unpaired) electrons. The number of nitrogens with zero attached hydrogens (tertiary/aromatic N) is 5. The standard InChI is InChI=1S/C27H24F6N6O2/c1-2-6-20-35-23(21-22(37-41-24(21)36-20)16-7-4-3-5-8-16)38-9-11-39(12-10-38)25(40)34-19-14-17(26(28,29)30)13-18(15-19)27(31,32)33/h3-5,7-8,13-15H,2,6,9-12H2,1H3,(H,34,40). The lowest BCUT2D eigenvalue weighted by atomic mass is 10.1. The molecule has 1 fully saturated rings. The van der Waals surface area contributed by atoms with E-state index < -0.39 is 35.2 Å². The number of amides is 2. The first-order valence-electron chi connectivity index (χ1n) is 12.8. The highest BCUT2D eigenvalue weighted by Crippen LogP contribution is 2.38. The Bertz CT molecular complexity index is 1510. The zero-order valence-electron chi connectivity index (χ0n) is 21.7. The maximum absolute atomic E-state index is 13.2. The van der Waals surface area contributed by atoms with Crippen molar-refractivity contribution in [3.63, 3.8) is 0 Å². The first-order valence-corrected chi connectivity index (χ1v) is 12.8. The molecule has 1 aliphatic heterocycles. The number of hydrogen-bond donors (Lipinski definition) is 1. The second kappa shape index (κ2) is 10.9.